The summed E-state index contributed by atoms with van der Waals surface area (Å²) in [7, 11) is 0. The molecule has 2 heteroatoms. The summed E-state index contributed by atoms with van der Waals surface area (Å²) < 4.78 is 1.14. The van der Waals surface area contributed by atoms with Gasteiger partial charge in [-0.2, -0.15) is 0 Å². The lowest BCUT2D eigenvalue weighted by atomic mass is 9.93. The fourth-order valence-corrected chi connectivity index (χ4v) is 3.93. The van der Waals surface area contributed by atoms with Crippen LogP contribution in [0.5, 0.6) is 0 Å². The molecule has 0 N–H and O–H groups in total. The van der Waals surface area contributed by atoms with E-state index in [9.17, 15) is 0 Å². The van der Waals surface area contributed by atoms with Gasteiger partial charge in [-0.1, -0.05) is 70.0 Å². The fraction of sp³-hybridized carbons (Fsp3) is 0.333. The molecule has 0 fully saturated rings. The smallest absolute Gasteiger partial charge is 0.0649 e. The molecule has 2 aromatic carbocycles. The highest BCUT2D eigenvalue weighted by Gasteiger charge is 2.16. The van der Waals surface area contributed by atoms with Gasteiger partial charge in [-0.25, -0.2) is 0 Å². The molecule has 0 saturated carbocycles. The summed E-state index contributed by atoms with van der Waals surface area (Å²) >= 11 is 7.45. The van der Waals surface area contributed by atoms with Crippen molar-refractivity contribution in [3.63, 3.8) is 0 Å². The highest BCUT2D eigenvalue weighted by atomic mass is 79.9. The van der Waals surface area contributed by atoms with Gasteiger partial charge in [0.15, 0.2) is 0 Å². The predicted molar refractivity (Wildman–Crippen MR) is 94.8 cm³/mol. The maximum Gasteiger partial charge on any atom is 0.0649 e. The molecule has 0 bridgehead atoms. The third-order valence-corrected chi connectivity index (χ3v) is 5.26. The molecule has 106 valence electrons. The SMILES string of the molecule is CCc1ccc(CC)c(C(Br)c2ccc(Br)cc2C)c1. The van der Waals surface area contributed by atoms with Crippen molar-refractivity contribution in [3.05, 3.63) is 68.7 Å². The number of aryl methyl sites for hydroxylation is 3. The maximum atomic E-state index is 3.91. The predicted octanol–water partition coefficient (Wildman–Crippen LogP) is 6.37. The second-order valence-corrected chi connectivity index (χ2v) is 6.94. The molecule has 0 amide bonds. The van der Waals surface area contributed by atoms with E-state index in [1.807, 2.05) is 0 Å². The van der Waals surface area contributed by atoms with Crippen LogP contribution in [0.2, 0.25) is 0 Å². The van der Waals surface area contributed by atoms with Crippen LogP contribution in [0, 0.1) is 6.92 Å². The zero-order chi connectivity index (χ0) is 14.7. The van der Waals surface area contributed by atoms with E-state index in [0.29, 0.717) is 0 Å². The summed E-state index contributed by atoms with van der Waals surface area (Å²) in [6, 6.07) is 13.4. The van der Waals surface area contributed by atoms with Gasteiger partial charge in [0.1, 0.15) is 0 Å². The average Bonchev–Trinajstić information content (AvgIpc) is 2.46. The highest BCUT2D eigenvalue weighted by molar-refractivity contribution is 9.10. The first-order valence-corrected chi connectivity index (χ1v) is 8.79. The van der Waals surface area contributed by atoms with E-state index in [1.54, 1.807) is 0 Å². The molecule has 0 aliphatic rings. The summed E-state index contributed by atoms with van der Waals surface area (Å²) in [5, 5.41) is 0. The van der Waals surface area contributed by atoms with E-state index >= 15 is 0 Å². The van der Waals surface area contributed by atoms with Gasteiger partial charge in [-0.3, -0.25) is 0 Å². The first-order chi connectivity index (χ1) is 9.56. The molecule has 0 saturated heterocycles. The summed E-state index contributed by atoms with van der Waals surface area (Å²) in [6.45, 7) is 6.60. The molecular weight excluding hydrogens is 376 g/mol. The van der Waals surface area contributed by atoms with Gasteiger partial charge in [-0.15, -0.1) is 0 Å². The Morgan fingerprint density at radius 1 is 0.950 bits per heavy atom. The molecule has 0 aliphatic carbocycles. The van der Waals surface area contributed by atoms with Crippen molar-refractivity contribution in [2.24, 2.45) is 0 Å². The molecular formula is C18H20Br2. The molecule has 0 aromatic heterocycles. The molecule has 0 heterocycles. The van der Waals surface area contributed by atoms with Gasteiger partial charge in [0.25, 0.3) is 0 Å². The van der Waals surface area contributed by atoms with Gasteiger partial charge in [0, 0.05) is 4.47 Å². The molecule has 0 spiro atoms. The normalized spacial score (nSPS) is 12.4. The largest absolute Gasteiger partial charge is 0.0786 e. The van der Waals surface area contributed by atoms with E-state index in [-0.39, 0.29) is 4.83 Å². The Morgan fingerprint density at radius 2 is 1.70 bits per heavy atom. The Balaban J connectivity index is 2.48. The van der Waals surface area contributed by atoms with Gasteiger partial charge >= 0.3 is 0 Å². The van der Waals surface area contributed by atoms with E-state index in [4.69, 9.17) is 0 Å². The van der Waals surface area contributed by atoms with Crippen molar-refractivity contribution in [2.75, 3.05) is 0 Å². The van der Waals surface area contributed by atoms with E-state index in [2.05, 4.69) is 89.0 Å². The number of alkyl halides is 1. The Bertz CT molecular complexity index is 602. The Morgan fingerprint density at radius 3 is 2.30 bits per heavy atom. The molecule has 2 rings (SSSR count). The number of hydrogen-bond acceptors (Lipinski definition) is 0. The lowest BCUT2D eigenvalue weighted by Gasteiger charge is -2.18. The third-order valence-electron chi connectivity index (χ3n) is 3.78. The van der Waals surface area contributed by atoms with Crippen LogP contribution in [0.3, 0.4) is 0 Å². The van der Waals surface area contributed by atoms with Crippen LogP contribution < -0.4 is 0 Å². The second-order valence-electron chi connectivity index (χ2n) is 5.10. The van der Waals surface area contributed by atoms with Crippen LogP contribution >= 0.6 is 31.9 Å². The number of rotatable bonds is 4. The van der Waals surface area contributed by atoms with Gasteiger partial charge in [-0.05, 0) is 59.7 Å². The van der Waals surface area contributed by atoms with Crippen LogP contribution in [0.1, 0.15) is 46.5 Å². The van der Waals surface area contributed by atoms with Crippen molar-refractivity contribution in [1.29, 1.82) is 0 Å². The number of hydrogen-bond donors (Lipinski definition) is 0. The third kappa shape index (κ3) is 3.35. The van der Waals surface area contributed by atoms with Gasteiger partial charge in [0.2, 0.25) is 0 Å². The molecule has 0 aliphatic heterocycles. The minimum atomic E-state index is 0.261. The second kappa shape index (κ2) is 6.91. The summed E-state index contributed by atoms with van der Waals surface area (Å²) in [5.74, 6) is 0. The van der Waals surface area contributed by atoms with Crippen molar-refractivity contribution in [2.45, 2.75) is 38.4 Å². The van der Waals surface area contributed by atoms with Crippen LogP contribution in [0.25, 0.3) is 0 Å². The van der Waals surface area contributed by atoms with Crippen molar-refractivity contribution >= 4 is 31.9 Å². The molecule has 1 unspecified atom stereocenters. The van der Waals surface area contributed by atoms with Crippen molar-refractivity contribution < 1.29 is 0 Å². The molecule has 20 heavy (non-hydrogen) atoms. The fourth-order valence-electron chi connectivity index (χ4n) is 2.51. The minimum absolute atomic E-state index is 0.261. The first-order valence-electron chi connectivity index (χ1n) is 7.08. The lowest BCUT2D eigenvalue weighted by molar-refractivity contribution is 1.02. The van der Waals surface area contributed by atoms with E-state index in [1.165, 1.54) is 27.8 Å². The quantitative estimate of drug-likeness (QED) is 0.527. The van der Waals surface area contributed by atoms with Gasteiger partial charge < -0.3 is 0 Å². The van der Waals surface area contributed by atoms with Crippen LogP contribution in [-0.4, -0.2) is 0 Å². The van der Waals surface area contributed by atoms with Crippen LogP contribution in [0.4, 0.5) is 0 Å². The van der Waals surface area contributed by atoms with Crippen molar-refractivity contribution in [1.82, 2.24) is 0 Å². The van der Waals surface area contributed by atoms with E-state index < -0.39 is 0 Å². The van der Waals surface area contributed by atoms with Crippen molar-refractivity contribution in [3.8, 4) is 0 Å². The summed E-state index contributed by atoms with van der Waals surface area (Å²) in [5.41, 5.74) is 6.88. The van der Waals surface area contributed by atoms with Crippen LogP contribution in [0.15, 0.2) is 40.9 Å². The average molecular weight is 396 g/mol. The number of halogens is 2. The lowest BCUT2D eigenvalue weighted by Crippen LogP contribution is -2.01. The molecule has 1 atom stereocenters. The number of benzene rings is 2. The summed E-state index contributed by atoms with van der Waals surface area (Å²) in [6.07, 6.45) is 2.15. The van der Waals surface area contributed by atoms with Gasteiger partial charge in [0.05, 0.1) is 4.83 Å². The molecule has 0 nitrogen and oxygen atoms in total. The summed E-state index contributed by atoms with van der Waals surface area (Å²) in [4.78, 5) is 0.261. The topological polar surface area (TPSA) is 0 Å². The zero-order valence-corrected chi connectivity index (χ0v) is 15.4. The molecule has 2 aromatic rings. The first kappa shape index (κ1) is 15.8. The Kier molecular flexibility index (Phi) is 5.45. The Hall–Kier alpha value is -0.600. The highest BCUT2D eigenvalue weighted by Crippen LogP contribution is 2.36. The van der Waals surface area contributed by atoms with E-state index in [0.717, 1.165) is 17.3 Å². The standard InChI is InChI=1S/C18H20Br2/c1-4-13-6-7-14(5-2)17(11-13)18(20)16-9-8-15(19)10-12(16)3/h6-11,18H,4-5H2,1-3H3. The monoisotopic (exact) mass is 394 g/mol. The minimum Gasteiger partial charge on any atom is -0.0786 e. The maximum absolute atomic E-state index is 3.91. The zero-order valence-electron chi connectivity index (χ0n) is 12.2. The van der Waals surface area contributed by atoms with Crippen LogP contribution in [-0.2, 0) is 12.8 Å². The molecule has 0 radical (unpaired) electrons. The Labute approximate surface area is 138 Å².